The Bertz CT molecular complexity index is 384. The van der Waals surface area contributed by atoms with Gasteiger partial charge in [-0.2, -0.15) is 0 Å². The second kappa shape index (κ2) is 3.28. The predicted octanol–water partition coefficient (Wildman–Crippen LogP) is 4.87. The molecule has 0 aromatic heterocycles. The van der Waals surface area contributed by atoms with Gasteiger partial charge in [-0.15, -0.1) is 0 Å². The van der Waals surface area contributed by atoms with Crippen molar-refractivity contribution in [3.05, 3.63) is 23.8 Å². The third-order valence-corrected chi connectivity index (χ3v) is 6.05. The van der Waals surface area contributed by atoms with E-state index in [-0.39, 0.29) is 0 Å². The van der Waals surface area contributed by atoms with Crippen molar-refractivity contribution >= 4 is 0 Å². The molecule has 4 bridgehead atoms. The molecular weight excluding hydrogens is 204 g/mol. The third kappa shape index (κ3) is 1.49. The van der Waals surface area contributed by atoms with Gasteiger partial charge in [-0.25, -0.2) is 0 Å². The molecule has 0 saturated heterocycles. The Morgan fingerprint density at radius 3 is 2.47 bits per heavy atom. The van der Waals surface area contributed by atoms with Gasteiger partial charge in [-0.3, -0.25) is 0 Å². The van der Waals surface area contributed by atoms with Crippen LogP contribution in [-0.4, -0.2) is 0 Å². The van der Waals surface area contributed by atoms with Crippen molar-refractivity contribution < 1.29 is 0 Å². The van der Waals surface area contributed by atoms with Gasteiger partial charge in [0.25, 0.3) is 0 Å². The zero-order valence-electron chi connectivity index (χ0n) is 11.0. The highest BCUT2D eigenvalue weighted by molar-refractivity contribution is 5.28. The van der Waals surface area contributed by atoms with Crippen LogP contribution >= 0.6 is 0 Å². The zero-order valence-corrected chi connectivity index (χ0v) is 11.0. The summed E-state index contributed by atoms with van der Waals surface area (Å²) in [6.45, 7) is 2.58. The molecule has 4 fully saturated rings. The van der Waals surface area contributed by atoms with Gasteiger partial charge in [0, 0.05) is 0 Å². The van der Waals surface area contributed by atoms with Crippen LogP contribution in [0, 0.1) is 22.7 Å². The van der Waals surface area contributed by atoms with Gasteiger partial charge in [-0.05, 0) is 74.0 Å². The van der Waals surface area contributed by atoms with E-state index in [2.05, 4.69) is 25.2 Å². The van der Waals surface area contributed by atoms with Gasteiger partial charge in [0.15, 0.2) is 0 Å². The molecule has 4 saturated carbocycles. The lowest BCUT2D eigenvalue weighted by molar-refractivity contribution is -0.0843. The first-order valence-electron chi connectivity index (χ1n) is 7.54. The second-order valence-electron chi connectivity index (χ2n) is 7.71. The summed E-state index contributed by atoms with van der Waals surface area (Å²) in [5.74, 6) is 2.13. The minimum Gasteiger partial charge on any atom is -0.0842 e. The largest absolute Gasteiger partial charge is 0.0842 e. The normalized spacial score (nSPS) is 51.7. The Hall–Kier alpha value is -0.520. The predicted molar refractivity (Wildman–Crippen MR) is 71.7 cm³/mol. The minimum absolute atomic E-state index is 0.642. The van der Waals surface area contributed by atoms with Crippen LogP contribution in [0.5, 0.6) is 0 Å². The fourth-order valence-electron chi connectivity index (χ4n) is 6.14. The highest BCUT2D eigenvalue weighted by Gasteiger charge is 2.56. The van der Waals surface area contributed by atoms with Crippen molar-refractivity contribution in [3.8, 4) is 0 Å². The minimum atomic E-state index is 0.642. The molecule has 0 nitrogen and oxygen atoms in total. The van der Waals surface area contributed by atoms with E-state index in [1.54, 1.807) is 6.42 Å². The van der Waals surface area contributed by atoms with Gasteiger partial charge in [0.2, 0.25) is 0 Å². The number of hydrogen-bond acceptors (Lipinski definition) is 0. The molecule has 0 aliphatic heterocycles. The van der Waals surface area contributed by atoms with Crippen LogP contribution in [0.4, 0.5) is 0 Å². The monoisotopic (exact) mass is 228 g/mol. The van der Waals surface area contributed by atoms with Crippen molar-refractivity contribution in [2.75, 3.05) is 0 Å². The maximum absolute atomic E-state index is 2.58. The molecule has 5 aliphatic rings. The SMILES string of the molecule is CC12CC3CC(C1)CC(C1=CC=CCC1)(C3)C2. The van der Waals surface area contributed by atoms with Gasteiger partial charge < -0.3 is 0 Å². The fraction of sp³-hybridized carbons (Fsp3) is 0.765. The summed E-state index contributed by atoms with van der Waals surface area (Å²) in [4.78, 5) is 0. The van der Waals surface area contributed by atoms with Crippen molar-refractivity contribution in [2.45, 2.75) is 58.3 Å². The maximum atomic E-state index is 2.58. The van der Waals surface area contributed by atoms with E-state index in [4.69, 9.17) is 0 Å². The first-order valence-corrected chi connectivity index (χ1v) is 7.54. The summed E-state index contributed by atoms with van der Waals surface area (Å²) in [6, 6.07) is 0. The van der Waals surface area contributed by atoms with E-state index in [1.165, 1.54) is 44.9 Å². The molecule has 2 unspecified atom stereocenters. The second-order valence-corrected chi connectivity index (χ2v) is 7.71. The van der Waals surface area contributed by atoms with Crippen LogP contribution in [0.25, 0.3) is 0 Å². The van der Waals surface area contributed by atoms with Crippen LogP contribution < -0.4 is 0 Å². The average Bonchev–Trinajstić information content (AvgIpc) is 2.27. The molecule has 0 aromatic carbocycles. The van der Waals surface area contributed by atoms with Crippen LogP contribution in [0.3, 0.4) is 0 Å². The highest BCUT2D eigenvalue weighted by atomic mass is 14.6. The van der Waals surface area contributed by atoms with Gasteiger partial charge >= 0.3 is 0 Å². The molecule has 0 N–H and O–H groups in total. The van der Waals surface area contributed by atoms with Gasteiger partial charge in [-0.1, -0.05) is 30.7 Å². The van der Waals surface area contributed by atoms with E-state index in [1.807, 2.05) is 5.57 Å². The lowest BCUT2D eigenvalue weighted by atomic mass is 9.43. The zero-order chi connectivity index (χ0) is 11.5. The van der Waals surface area contributed by atoms with E-state index in [9.17, 15) is 0 Å². The lowest BCUT2D eigenvalue weighted by Gasteiger charge is -2.62. The Balaban J connectivity index is 1.74. The van der Waals surface area contributed by atoms with Crippen LogP contribution in [0.15, 0.2) is 23.8 Å². The molecule has 0 amide bonds. The van der Waals surface area contributed by atoms with Crippen LogP contribution in [0.1, 0.15) is 58.3 Å². The molecule has 17 heavy (non-hydrogen) atoms. The number of allylic oxidation sites excluding steroid dienone is 4. The van der Waals surface area contributed by atoms with Crippen molar-refractivity contribution in [3.63, 3.8) is 0 Å². The maximum Gasteiger partial charge on any atom is -0.00744 e. The van der Waals surface area contributed by atoms with Crippen molar-refractivity contribution in [1.29, 1.82) is 0 Å². The quantitative estimate of drug-likeness (QED) is 0.600. The molecule has 0 radical (unpaired) electrons. The Morgan fingerprint density at radius 2 is 1.88 bits per heavy atom. The molecule has 92 valence electrons. The topological polar surface area (TPSA) is 0 Å². The number of rotatable bonds is 1. The van der Waals surface area contributed by atoms with Crippen molar-refractivity contribution in [2.24, 2.45) is 22.7 Å². The first-order chi connectivity index (χ1) is 8.18. The molecule has 5 aliphatic carbocycles. The molecule has 5 rings (SSSR count). The Labute approximate surface area is 105 Å². The summed E-state index contributed by atoms with van der Waals surface area (Å²) in [5, 5.41) is 0. The van der Waals surface area contributed by atoms with Gasteiger partial charge in [0.1, 0.15) is 0 Å². The van der Waals surface area contributed by atoms with E-state index >= 15 is 0 Å². The fourth-order valence-corrected chi connectivity index (χ4v) is 6.14. The lowest BCUT2D eigenvalue weighted by Crippen LogP contribution is -2.51. The van der Waals surface area contributed by atoms with Crippen LogP contribution in [-0.2, 0) is 0 Å². The molecule has 0 spiro atoms. The van der Waals surface area contributed by atoms with E-state index in [0.717, 1.165) is 11.8 Å². The van der Waals surface area contributed by atoms with Gasteiger partial charge in [0.05, 0.1) is 0 Å². The standard InChI is InChI=1S/C17H24/c1-16-8-13-7-14(9-16)11-17(10-13,12-16)15-5-3-2-4-6-15/h2-3,5,13-14H,4,6-12H2,1H3. The van der Waals surface area contributed by atoms with Crippen molar-refractivity contribution in [1.82, 2.24) is 0 Å². The summed E-state index contributed by atoms with van der Waals surface area (Å²) in [5.41, 5.74) is 3.16. The summed E-state index contributed by atoms with van der Waals surface area (Å²) >= 11 is 0. The smallest absolute Gasteiger partial charge is 0.00744 e. The molecule has 0 heteroatoms. The molecular formula is C17H24. The Kier molecular flexibility index (Phi) is 2.00. The van der Waals surface area contributed by atoms with E-state index < -0.39 is 0 Å². The highest BCUT2D eigenvalue weighted by Crippen LogP contribution is 2.67. The molecule has 2 atom stereocenters. The average molecular weight is 228 g/mol. The molecule has 0 aromatic rings. The first kappa shape index (κ1) is 10.4. The summed E-state index contributed by atoms with van der Waals surface area (Å²) < 4.78 is 0. The summed E-state index contributed by atoms with van der Waals surface area (Å²) in [7, 11) is 0. The van der Waals surface area contributed by atoms with Crippen LogP contribution in [0.2, 0.25) is 0 Å². The van der Waals surface area contributed by atoms with E-state index in [0.29, 0.717) is 10.8 Å². The molecule has 0 heterocycles. The third-order valence-electron chi connectivity index (χ3n) is 6.05. The summed E-state index contributed by atoms with van der Waals surface area (Å²) in [6.07, 6.45) is 19.0. The Morgan fingerprint density at radius 1 is 1.12 bits per heavy atom. The number of hydrogen-bond donors (Lipinski definition) is 0.